The highest BCUT2D eigenvalue weighted by Crippen LogP contribution is 2.36. The van der Waals surface area contributed by atoms with Crippen molar-refractivity contribution in [3.63, 3.8) is 0 Å². The van der Waals surface area contributed by atoms with E-state index in [0.29, 0.717) is 32.7 Å². The predicted octanol–water partition coefficient (Wildman–Crippen LogP) is 6.55. The number of carbonyl (C=O) groups is 1. The van der Waals surface area contributed by atoms with Gasteiger partial charge in [0, 0.05) is 32.7 Å². The van der Waals surface area contributed by atoms with Gasteiger partial charge in [-0.3, -0.25) is 4.79 Å². The van der Waals surface area contributed by atoms with E-state index in [1.165, 1.54) is 12.1 Å². The molecule has 0 bridgehead atoms. The maximum Gasteiger partial charge on any atom is 0.254 e. The fourth-order valence-corrected chi connectivity index (χ4v) is 4.61. The van der Waals surface area contributed by atoms with Gasteiger partial charge in [-0.2, -0.15) is 0 Å². The summed E-state index contributed by atoms with van der Waals surface area (Å²) in [5, 5.41) is 10.9. The first-order chi connectivity index (χ1) is 15.9. The first-order valence-corrected chi connectivity index (χ1v) is 11.6. The molecule has 1 aliphatic rings. The van der Waals surface area contributed by atoms with E-state index in [-0.39, 0.29) is 29.9 Å². The molecule has 1 amide bonds. The zero-order valence-corrected chi connectivity index (χ0v) is 19.7. The van der Waals surface area contributed by atoms with Crippen LogP contribution in [0.2, 0.25) is 15.1 Å². The Bertz CT molecular complexity index is 1160. The Balaban J connectivity index is 1.65. The fourth-order valence-electron chi connectivity index (χ4n) is 3.98. The number of halogens is 4. The molecule has 1 fully saturated rings. The van der Waals surface area contributed by atoms with Gasteiger partial charge in [-0.15, -0.1) is 0 Å². The SMILES string of the molecule is O=C(c1ccc(OC(c2ccc(Cl)cc2)c2ccc(Cl)cc2Cl)c(F)c1)N1CCCC1CO. The Hall–Kier alpha value is -2.31. The molecule has 0 radical (unpaired) electrons. The molecule has 1 N–H and O–H groups in total. The smallest absolute Gasteiger partial charge is 0.254 e. The van der Waals surface area contributed by atoms with Gasteiger partial charge in [0.25, 0.3) is 5.91 Å². The molecule has 3 aromatic rings. The standard InChI is InChI=1S/C25H21Cl3FNO3/c26-17-6-3-15(4-7-17)24(20-9-8-18(27)13-21(20)28)33-23-10-5-16(12-22(23)29)25(32)30-11-1-2-19(30)14-31/h3-10,12-13,19,24,31H,1-2,11,14H2. The monoisotopic (exact) mass is 507 g/mol. The minimum atomic E-state index is -0.736. The first kappa shape index (κ1) is 23.8. The molecule has 1 saturated heterocycles. The predicted molar refractivity (Wildman–Crippen MR) is 128 cm³/mol. The summed E-state index contributed by atoms with van der Waals surface area (Å²) in [6, 6.07) is 15.8. The molecule has 8 heteroatoms. The highest BCUT2D eigenvalue weighted by Gasteiger charge is 2.29. The molecular formula is C25H21Cl3FNO3. The highest BCUT2D eigenvalue weighted by molar-refractivity contribution is 6.35. The summed E-state index contributed by atoms with van der Waals surface area (Å²) in [4.78, 5) is 14.4. The van der Waals surface area contributed by atoms with Crippen LogP contribution in [0.15, 0.2) is 60.7 Å². The zero-order valence-electron chi connectivity index (χ0n) is 17.5. The Labute approximate surface area is 206 Å². The van der Waals surface area contributed by atoms with Crippen LogP contribution < -0.4 is 4.74 Å². The second-order valence-electron chi connectivity index (χ2n) is 7.84. The van der Waals surface area contributed by atoms with Gasteiger partial charge in [-0.1, -0.05) is 53.0 Å². The van der Waals surface area contributed by atoms with Crippen LogP contribution in [0.1, 0.15) is 40.4 Å². The van der Waals surface area contributed by atoms with Crippen molar-refractivity contribution in [2.45, 2.75) is 25.0 Å². The van der Waals surface area contributed by atoms with Gasteiger partial charge in [0.05, 0.1) is 12.6 Å². The molecule has 0 aliphatic carbocycles. The molecule has 4 rings (SSSR count). The summed E-state index contributed by atoms with van der Waals surface area (Å²) in [7, 11) is 0. The lowest BCUT2D eigenvalue weighted by atomic mass is 10.0. The third kappa shape index (κ3) is 5.28. The van der Waals surface area contributed by atoms with Crippen molar-refractivity contribution in [2.75, 3.05) is 13.2 Å². The number of aliphatic hydroxyl groups excluding tert-OH is 1. The lowest BCUT2D eigenvalue weighted by molar-refractivity contribution is 0.0677. The van der Waals surface area contributed by atoms with Crippen LogP contribution in [0.3, 0.4) is 0 Å². The second kappa shape index (κ2) is 10.3. The largest absolute Gasteiger partial charge is 0.478 e. The van der Waals surface area contributed by atoms with E-state index >= 15 is 4.39 Å². The number of hydrogen-bond donors (Lipinski definition) is 1. The van der Waals surface area contributed by atoms with Crippen molar-refractivity contribution >= 4 is 40.7 Å². The maximum absolute atomic E-state index is 15.1. The summed E-state index contributed by atoms with van der Waals surface area (Å²) < 4.78 is 21.1. The van der Waals surface area contributed by atoms with Crippen molar-refractivity contribution in [2.24, 2.45) is 0 Å². The summed E-state index contributed by atoms with van der Waals surface area (Å²) in [6.45, 7) is 0.428. The van der Waals surface area contributed by atoms with E-state index < -0.39 is 11.9 Å². The lowest BCUT2D eigenvalue weighted by Crippen LogP contribution is -2.37. The topological polar surface area (TPSA) is 49.8 Å². The van der Waals surface area contributed by atoms with Crippen molar-refractivity contribution in [3.05, 3.63) is 98.2 Å². The summed E-state index contributed by atoms with van der Waals surface area (Å²) in [6.07, 6.45) is 0.808. The molecule has 3 aromatic carbocycles. The third-order valence-corrected chi connectivity index (χ3v) is 6.50. The van der Waals surface area contributed by atoms with Gasteiger partial charge >= 0.3 is 0 Å². The number of aliphatic hydroxyl groups is 1. The Morgan fingerprint density at radius 2 is 1.79 bits per heavy atom. The molecule has 33 heavy (non-hydrogen) atoms. The van der Waals surface area contributed by atoms with E-state index in [4.69, 9.17) is 39.5 Å². The number of carbonyl (C=O) groups excluding carboxylic acids is 1. The molecule has 4 nitrogen and oxygen atoms in total. The van der Waals surface area contributed by atoms with Crippen LogP contribution in [0.4, 0.5) is 4.39 Å². The number of hydrogen-bond acceptors (Lipinski definition) is 3. The van der Waals surface area contributed by atoms with Crippen LogP contribution in [-0.4, -0.2) is 35.1 Å². The normalized spacial score (nSPS) is 16.6. The molecule has 0 aromatic heterocycles. The van der Waals surface area contributed by atoms with Crippen LogP contribution in [0.25, 0.3) is 0 Å². The van der Waals surface area contributed by atoms with Gasteiger partial charge in [0.1, 0.15) is 0 Å². The van der Waals surface area contributed by atoms with E-state index in [0.717, 1.165) is 18.9 Å². The van der Waals surface area contributed by atoms with E-state index in [1.54, 1.807) is 47.4 Å². The van der Waals surface area contributed by atoms with Crippen molar-refractivity contribution in [3.8, 4) is 5.75 Å². The van der Waals surface area contributed by atoms with Gasteiger partial charge in [-0.25, -0.2) is 4.39 Å². The van der Waals surface area contributed by atoms with Crippen molar-refractivity contribution in [1.82, 2.24) is 4.90 Å². The molecule has 0 saturated carbocycles. The summed E-state index contributed by atoms with van der Waals surface area (Å²) >= 11 is 18.5. The van der Waals surface area contributed by atoms with Gasteiger partial charge in [0.15, 0.2) is 17.7 Å². The summed E-state index contributed by atoms with van der Waals surface area (Å²) in [5.74, 6) is -1.02. The van der Waals surface area contributed by atoms with Gasteiger partial charge < -0.3 is 14.7 Å². The number of rotatable bonds is 6. The fraction of sp³-hybridized carbons (Fsp3) is 0.240. The quantitative estimate of drug-likeness (QED) is 0.411. The van der Waals surface area contributed by atoms with Crippen LogP contribution in [0, 0.1) is 5.82 Å². The highest BCUT2D eigenvalue weighted by atomic mass is 35.5. The van der Waals surface area contributed by atoms with E-state index in [2.05, 4.69) is 0 Å². The summed E-state index contributed by atoms with van der Waals surface area (Å²) in [5.41, 5.74) is 1.52. The van der Waals surface area contributed by atoms with Gasteiger partial charge in [-0.05, 0) is 60.9 Å². The van der Waals surface area contributed by atoms with Crippen molar-refractivity contribution in [1.29, 1.82) is 0 Å². The number of ether oxygens (including phenoxy) is 1. The number of nitrogens with zero attached hydrogens (tertiary/aromatic N) is 1. The third-order valence-electron chi connectivity index (χ3n) is 5.69. The Kier molecular flexibility index (Phi) is 7.45. The minimum Gasteiger partial charge on any atom is -0.478 e. The number of benzene rings is 3. The van der Waals surface area contributed by atoms with Crippen LogP contribution in [0.5, 0.6) is 5.75 Å². The number of likely N-dealkylation sites (tertiary alicyclic amines) is 1. The van der Waals surface area contributed by atoms with E-state index in [9.17, 15) is 9.90 Å². The van der Waals surface area contributed by atoms with Gasteiger partial charge in [0.2, 0.25) is 0 Å². The maximum atomic E-state index is 15.1. The molecule has 1 heterocycles. The Morgan fingerprint density at radius 1 is 1.06 bits per heavy atom. The van der Waals surface area contributed by atoms with Crippen molar-refractivity contribution < 1.29 is 19.0 Å². The molecular weight excluding hydrogens is 488 g/mol. The molecule has 172 valence electrons. The zero-order chi connectivity index (χ0) is 23.5. The molecule has 0 spiro atoms. The average Bonchev–Trinajstić information content (AvgIpc) is 3.28. The van der Waals surface area contributed by atoms with E-state index in [1.807, 2.05) is 0 Å². The first-order valence-electron chi connectivity index (χ1n) is 10.5. The molecule has 1 aliphatic heterocycles. The Morgan fingerprint density at radius 3 is 2.45 bits per heavy atom. The average molecular weight is 509 g/mol. The van der Waals surface area contributed by atoms with Crippen LogP contribution in [-0.2, 0) is 0 Å². The number of amides is 1. The minimum absolute atomic E-state index is 0.0300. The lowest BCUT2D eigenvalue weighted by Gasteiger charge is -2.24. The molecule has 2 atom stereocenters. The van der Waals surface area contributed by atoms with Crippen LogP contribution >= 0.6 is 34.8 Å². The second-order valence-corrected chi connectivity index (χ2v) is 9.12. The molecule has 2 unspecified atom stereocenters.